The summed E-state index contributed by atoms with van der Waals surface area (Å²) >= 11 is 0. The van der Waals surface area contributed by atoms with Gasteiger partial charge in [0.2, 0.25) is 11.8 Å². The Morgan fingerprint density at radius 1 is 1.41 bits per heavy atom. The van der Waals surface area contributed by atoms with Crippen molar-refractivity contribution in [3.05, 3.63) is 51.1 Å². The number of anilines is 1. The molecular formula is C19H20N9O8P. The minimum absolute atomic E-state index is 0.0181. The van der Waals surface area contributed by atoms with E-state index in [0.717, 1.165) is 0 Å². The lowest BCUT2D eigenvalue weighted by Gasteiger charge is -2.35. The predicted octanol–water partition coefficient (Wildman–Crippen LogP) is 3.28. The van der Waals surface area contributed by atoms with Gasteiger partial charge in [0.1, 0.15) is 23.5 Å². The highest BCUT2D eigenvalue weighted by Gasteiger charge is 2.61. The van der Waals surface area contributed by atoms with Crippen molar-refractivity contribution in [1.29, 1.82) is 0 Å². The summed E-state index contributed by atoms with van der Waals surface area (Å²) in [5.74, 6) is 0.119. The van der Waals surface area contributed by atoms with Crippen LogP contribution in [0.2, 0.25) is 0 Å². The SMILES string of the molecule is CCOc1nc(N)nc2c1ncn2[C@@H]1O[C@@H]2COP(=O)(Oc3ccc([N+](=O)[O-])cc3)O[C@H]2[C@@]1(C)N=[N+]=[N-]. The van der Waals surface area contributed by atoms with Crippen LogP contribution in [0.4, 0.5) is 11.6 Å². The molecule has 2 fully saturated rings. The molecule has 0 amide bonds. The Balaban J connectivity index is 1.48. The van der Waals surface area contributed by atoms with Gasteiger partial charge in [0.05, 0.1) is 24.5 Å². The number of hydrogen-bond acceptors (Lipinski definition) is 13. The molecule has 194 valence electrons. The Morgan fingerprint density at radius 3 is 2.84 bits per heavy atom. The highest BCUT2D eigenvalue weighted by atomic mass is 31.2. The molecule has 4 heterocycles. The molecule has 0 radical (unpaired) electrons. The Kier molecular flexibility index (Phi) is 6.09. The molecule has 18 heteroatoms. The van der Waals surface area contributed by atoms with Gasteiger partial charge in [0.25, 0.3) is 5.69 Å². The standard InChI is InChI=1S/C19H20N9O8P/c1-3-32-16-13-15(23-18(20)24-16)27(9-22-13)17-19(2,25-26-21)14-12(34-17)8-33-37(31,36-14)35-11-6-4-10(5-7-11)28(29)30/h4-7,9,12,14,17H,3,8H2,1-2H3,(H2,20,23,24)/t12-,14-,17-,19-,37?/m1/s1. The van der Waals surface area contributed by atoms with Crippen LogP contribution >= 0.6 is 7.82 Å². The molecule has 2 aliphatic rings. The third kappa shape index (κ3) is 4.28. The molecule has 5 atom stereocenters. The smallest absolute Gasteiger partial charge is 0.476 e. The number of nitrogens with two attached hydrogens (primary N) is 1. The van der Waals surface area contributed by atoms with Crippen molar-refractivity contribution in [1.82, 2.24) is 19.5 Å². The number of azide groups is 1. The van der Waals surface area contributed by atoms with Crippen LogP contribution in [0.5, 0.6) is 11.6 Å². The molecule has 3 aromatic rings. The maximum absolute atomic E-state index is 13.4. The third-order valence-corrected chi connectivity index (χ3v) is 7.21. The number of nitrogens with zero attached hydrogens (tertiary/aromatic N) is 8. The molecule has 2 N–H and O–H groups in total. The van der Waals surface area contributed by atoms with Gasteiger partial charge in [-0.15, -0.1) is 0 Å². The van der Waals surface area contributed by atoms with Gasteiger partial charge in [-0.3, -0.25) is 23.7 Å². The average molecular weight is 533 g/mol. The summed E-state index contributed by atoms with van der Waals surface area (Å²) < 4.78 is 43.1. The summed E-state index contributed by atoms with van der Waals surface area (Å²) in [6.07, 6.45) is -1.51. The maximum Gasteiger partial charge on any atom is 0.530 e. The van der Waals surface area contributed by atoms with Crippen LogP contribution in [-0.2, 0) is 18.3 Å². The Labute approximate surface area is 207 Å². The van der Waals surface area contributed by atoms with Gasteiger partial charge in [-0.2, -0.15) is 9.97 Å². The second-order valence-corrected chi connectivity index (χ2v) is 9.74. The number of phosphoric ester groups is 1. The number of nitrogen functional groups attached to an aromatic ring is 1. The van der Waals surface area contributed by atoms with Crippen molar-refractivity contribution >= 4 is 30.6 Å². The second kappa shape index (κ2) is 9.14. The number of fused-ring (bicyclic) bond motifs is 2. The fourth-order valence-electron chi connectivity index (χ4n) is 4.20. The lowest BCUT2D eigenvalue weighted by atomic mass is 9.93. The number of nitro groups is 1. The first-order valence-electron chi connectivity index (χ1n) is 10.9. The van der Waals surface area contributed by atoms with Crippen molar-refractivity contribution in [2.45, 2.75) is 37.8 Å². The first-order valence-corrected chi connectivity index (χ1v) is 12.3. The zero-order valence-corrected chi connectivity index (χ0v) is 20.3. The second-order valence-electron chi connectivity index (χ2n) is 8.20. The van der Waals surface area contributed by atoms with E-state index >= 15 is 0 Å². The summed E-state index contributed by atoms with van der Waals surface area (Å²) in [6.45, 7) is 3.42. The van der Waals surface area contributed by atoms with E-state index in [1.807, 2.05) is 0 Å². The van der Waals surface area contributed by atoms with Crippen LogP contribution in [-0.4, -0.2) is 55.4 Å². The number of hydrogen-bond donors (Lipinski definition) is 1. The average Bonchev–Trinajstić information content (AvgIpc) is 3.38. The molecule has 37 heavy (non-hydrogen) atoms. The topological polar surface area (TPSA) is 225 Å². The minimum Gasteiger partial charge on any atom is -0.476 e. The molecule has 17 nitrogen and oxygen atoms in total. The van der Waals surface area contributed by atoms with E-state index in [0.29, 0.717) is 12.1 Å². The van der Waals surface area contributed by atoms with Gasteiger partial charge in [0.15, 0.2) is 17.4 Å². The zero-order valence-electron chi connectivity index (χ0n) is 19.4. The summed E-state index contributed by atoms with van der Waals surface area (Å²) in [5, 5.41) is 14.8. The van der Waals surface area contributed by atoms with Crippen LogP contribution in [0.25, 0.3) is 21.6 Å². The van der Waals surface area contributed by atoms with Crippen molar-refractivity contribution in [3.63, 3.8) is 0 Å². The number of non-ortho nitro benzene ring substituents is 1. The molecule has 0 bridgehead atoms. The van der Waals surface area contributed by atoms with E-state index in [-0.39, 0.29) is 35.5 Å². The molecule has 0 aliphatic carbocycles. The fourth-order valence-corrected chi connectivity index (χ4v) is 5.69. The van der Waals surface area contributed by atoms with Gasteiger partial charge in [-0.1, -0.05) is 5.11 Å². The van der Waals surface area contributed by atoms with Gasteiger partial charge < -0.3 is 19.7 Å². The molecule has 0 spiro atoms. The van der Waals surface area contributed by atoms with Gasteiger partial charge >= 0.3 is 7.82 Å². The number of benzene rings is 1. The third-order valence-electron chi connectivity index (χ3n) is 5.82. The van der Waals surface area contributed by atoms with E-state index < -0.39 is 36.7 Å². The molecule has 2 aromatic heterocycles. The van der Waals surface area contributed by atoms with E-state index in [1.54, 1.807) is 13.8 Å². The molecule has 0 saturated carbocycles. The number of ether oxygens (including phenoxy) is 2. The van der Waals surface area contributed by atoms with Crippen LogP contribution in [0.1, 0.15) is 20.1 Å². The lowest BCUT2D eigenvalue weighted by Crippen LogP contribution is -2.46. The summed E-state index contributed by atoms with van der Waals surface area (Å²) in [5.41, 5.74) is 14.1. The minimum atomic E-state index is -4.25. The fraction of sp³-hybridized carbons (Fsp3) is 0.421. The van der Waals surface area contributed by atoms with E-state index in [9.17, 15) is 20.2 Å². The number of imidazole rings is 1. The Bertz CT molecular complexity index is 1460. The Morgan fingerprint density at radius 2 is 2.16 bits per heavy atom. The number of aromatic nitrogens is 4. The van der Waals surface area contributed by atoms with Gasteiger partial charge in [-0.25, -0.2) is 9.55 Å². The first-order chi connectivity index (χ1) is 17.7. The summed E-state index contributed by atoms with van der Waals surface area (Å²) in [7, 11) is -4.25. The number of rotatable bonds is 7. The number of nitro benzene ring substituents is 1. The lowest BCUT2D eigenvalue weighted by molar-refractivity contribution is -0.384. The van der Waals surface area contributed by atoms with Crippen molar-refractivity contribution in [2.75, 3.05) is 18.9 Å². The molecule has 2 saturated heterocycles. The van der Waals surface area contributed by atoms with Crippen molar-refractivity contribution in [3.8, 4) is 11.6 Å². The van der Waals surface area contributed by atoms with Crippen molar-refractivity contribution in [2.24, 2.45) is 5.11 Å². The molecule has 1 unspecified atom stereocenters. The molecular weight excluding hydrogens is 513 g/mol. The number of phosphoric acid groups is 1. The van der Waals surface area contributed by atoms with E-state index in [4.69, 9.17) is 28.8 Å². The van der Waals surface area contributed by atoms with Crippen LogP contribution in [0, 0.1) is 10.1 Å². The molecule has 5 rings (SSSR count). The van der Waals surface area contributed by atoms with Gasteiger partial charge in [-0.05, 0) is 31.5 Å². The monoisotopic (exact) mass is 533 g/mol. The largest absolute Gasteiger partial charge is 0.530 e. The highest BCUT2D eigenvalue weighted by molar-refractivity contribution is 7.49. The van der Waals surface area contributed by atoms with Crippen LogP contribution in [0.3, 0.4) is 0 Å². The molecule has 2 aliphatic heterocycles. The Hall–Kier alpha value is -4.01. The van der Waals surface area contributed by atoms with Crippen molar-refractivity contribution < 1.29 is 32.5 Å². The zero-order chi connectivity index (χ0) is 26.4. The van der Waals surface area contributed by atoms with E-state index in [2.05, 4.69) is 25.0 Å². The van der Waals surface area contributed by atoms with Crippen LogP contribution < -0.4 is 15.0 Å². The molecule has 1 aromatic carbocycles. The summed E-state index contributed by atoms with van der Waals surface area (Å²) in [6, 6.07) is 4.88. The van der Waals surface area contributed by atoms with Gasteiger partial charge in [0, 0.05) is 17.0 Å². The summed E-state index contributed by atoms with van der Waals surface area (Å²) in [4.78, 5) is 25.9. The normalized spacial score (nSPS) is 28.9. The quantitative estimate of drug-likeness (QED) is 0.115. The van der Waals surface area contributed by atoms with Crippen LogP contribution in [0.15, 0.2) is 35.7 Å². The first kappa shape index (κ1) is 24.7. The van der Waals surface area contributed by atoms with E-state index in [1.165, 1.54) is 35.2 Å². The maximum atomic E-state index is 13.4. The predicted molar refractivity (Wildman–Crippen MR) is 125 cm³/mol. The highest BCUT2D eigenvalue weighted by Crippen LogP contribution is 2.59.